The lowest BCUT2D eigenvalue weighted by molar-refractivity contribution is 0.546. The van der Waals surface area contributed by atoms with Gasteiger partial charge in [-0.1, -0.05) is 34.1 Å². The summed E-state index contributed by atoms with van der Waals surface area (Å²) in [5.74, 6) is 5.99. The number of halogens is 2. The third-order valence-corrected chi connectivity index (χ3v) is 4.80. The Kier molecular flexibility index (Phi) is 5.60. The molecule has 0 aromatic heterocycles. The summed E-state index contributed by atoms with van der Waals surface area (Å²) in [5, 5.41) is 0. The number of nitrogens with two attached hydrogens (primary N) is 1. The molecule has 5 heteroatoms. The Bertz CT molecular complexity index is 592. The molecule has 1 unspecified atom stereocenters. The molecule has 0 fully saturated rings. The maximum absolute atomic E-state index is 13.9. The Morgan fingerprint density at radius 1 is 1.30 bits per heavy atom. The molecule has 0 spiro atoms. The van der Waals surface area contributed by atoms with Crippen LogP contribution in [0.1, 0.15) is 17.2 Å². The van der Waals surface area contributed by atoms with Crippen molar-refractivity contribution in [2.75, 3.05) is 5.75 Å². The van der Waals surface area contributed by atoms with Gasteiger partial charge in [0, 0.05) is 20.7 Å². The third kappa shape index (κ3) is 3.82. The fourth-order valence-corrected chi connectivity index (χ4v) is 3.37. The Labute approximate surface area is 131 Å². The second-order valence-electron chi connectivity index (χ2n) is 4.46. The summed E-state index contributed by atoms with van der Waals surface area (Å²) in [6, 6.07) is 12.8. The van der Waals surface area contributed by atoms with Crippen LogP contribution in [0, 0.1) is 12.7 Å². The van der Waals surface area contributed by atoms with Crippen molar-refractivity contribution in [3.8, 4) is 0 Å². The molecule has 0 radical (unpaired) electrons. The zero-order valence-corrected chi connectivity index (χ0v) is 13.5. The van der Waals surface area contributed by atoms with Crippen LogP contribution in [-0.2, 0) is 0 Å². The Morgan fingerprint density at radius 2 is 2.05 bits per heavy atom. The SMILES string of the molecule is Cc1ccccc1SCC(NN)c1cc(Br)ccc1F. The van der Waals surface area contributed by atoms with Crippen molar-refractivity contribution < 1.29 is 4.39 Å². The summed E-state index contributed by atoms with van der Waals surface area (Å²) >= 11 is 5.02. The number of benzene rings is 2. The zero-order chi connectivity index (χ0) is 14.5. The van der Waals surface area contributed by atoms with Gasteiger partial charge in [0.1, 0.15) is 5.82 Å². The van der Waals surface area contributed by atoms with Gasteiger partial charge in [-0.3, -0.25) is 11.3 Å². The van der Waals surface area contributed by atoms with Gasteiger partial charge in [0.15, 0.2) is 0 Å². The number of hydrazine groups is 1. The number of rotatable bonds is 5. The Morgan fingerprint density at radius 3 is 2.75 bits per heavy atom. The molecule has 2 nitrogen and oxygen atoms in total. The number of hydrogen-bond donors (Lipinski definition) is 2. The molecule has 2 aromatic rings. The quantitative estimate of drug-likeness (QED) is 0.480. The van der Waals surface area contributed by atoms with Crippen LogP contribution < -0.4 is 11.3 Å². The number of thioether (sulfide) groups is 1. The van der Waals surface area contributed by atoms with Crippen molar-refractivity contribution in [3.05, 3.63) is 63.9 Å². The first-order chi connectivity index (χ1) is 9.61. The highest BCUT2D eigenvalue weighted by atomic mass is 79.9. The Balaban J connectivity index is 2.13. The second-order valence-corrected chi connectivity index (χ2v) is 6.44. The largest absolute Gasteiger partial charge is 0.271 e. The summed E-state index contributed by atoms with van der Waals surface area (Å²) in [5.41, 5.74) is 4.48. The average molecular weight is 355 g/mol. The first-order valence-corrected chi connectivity index (χ1v) is 7.99. The van der Waals surface area contributed by atoms with E-state index in [2.05, 4.69) is 40.4 Å². The maximum Gasteiger partial charge on any atom is 0.128 e. The second kappa shape index (κ2) is 7.22. The lowest BCUT2D eigenvalue weighted by Crippen LogP contribution is -2.30. The molecule has 0 aliphatic carbocycles. The first-order valence-electron chi connectivity index (χ1n) is 6.21. The lowest BCUT2D eigenvalue weighted by atomic mass is 10.1. The predicted molar refractivity (Wildman–Crippen MR) is 86.1 cm³/mol. The maximum atomic E-state index is 13.9. The number of hydrogen-bond acceptors (Lipinski definition) is 3. The predicted octanol–water partition coefficient (Wildman–Crippen LogP) is 4.19. The highest BCUT2D eigenvalue weighted by Gasteiger charge is 2.15. The monoisotopic (exact) mass is 354 g/mol. The molecule has 0 bridgehead atoms. The summed E-state index contributed by atoms with van der Waals surface area (Å²) in [6.07, 6.45) is 0. The van der Waals surface area contributed by atoms with Gasteiger partial charge in [0.25, 0.3) is 0 Å². The lowest BCUT2D eigenvalue weighted by Gasteiger charge is -2.17. The van der Waals surface area contributed by atoms with Crippen molar-refractivity contribution >= 4 is 27.7 Å². The van der Waals surface area contributed by atoms with Gasteiger partial charge in [-0.15, -0.1) is 11.8 Å². The molecular weight excluding hydrogens is 339 g/mol. The van der Waals surface area contributed by atoms with Gasteiger partial charge in [-0.25, -0.2) is 4.39 Å². The van der Waals surface area contributed by atoms with Gasteiger partial charge in [0.05, 0.1) is 6.04 Å². The van der Waals surface area contributed by atoms with Gasteiger partial charge < -0.3 is 0 Å². The van der Waals surface area contributed by atoms with Crippen molar-refractivity contribution in [3.63, 3.8) is 0 Å². The van der Waals surface area contributed by atoms with E-state index in [0.29, 0.717) is 11.3 Å². The normalized spacial score (nSPS) is 12.4. The van der Waals surface area contributed by atoms with Crippen LogP contribution in [0.2, 0.25) is 0 Å². The van der Waals surface area contributed by atoms with Gasteiger partial charge in [-0.2, -0.15) is 0 Å². The van der Waals surface area contributed by atoms with Crippen LogP contribution in [0.4, 0.5) is 4.39 Å². The highest BCUT2D eigenvalue weighted by Crippen LogP contribution is 2.29. The van der Waals surface area contributed by atoms with Crippen molar-refractivity contribution in [2.24, 2.45) is 5.84 Å². The topological polar surface area (TPSA) is 38.0 Å². The molecular formula is C15H16BrFN2S. The minimum Gasteiger partial charge on any atom is -0.271 e. The van der Waals surface area contributed by atoms with Gasteiger partial charge in [0.2, 0.25) is 0 Å². The van der Waals surface area contributed by atoms with Crippen LogP contribution in [0.3, 0.4) is 0 Å². The van der Waals surface area contributed by atoms with Crippen LogP contribution in [0.25, 0.3) is 0 Å². The van der Waals surface area contributed by atoms with E-state index in [-0.39, 0.29) is 11.9 Å². The minimum atomic E-state index is -0.249. The van der Waals surface area contributed by atoms with Crippen molar-refractivity contribution in [2.45, 2.75) is 17.9 Å². The van der Waals surface area contributed by atoms with E-state index >= 15 is 0 Å². The summed E-state index contributed by atoms with van der Waals surface area (Å²) in [6.45, 7) is 2.06. The molecule has 3 N–H and O–H groups in total. The van der Waals surface area contributed by atoms with Crippen LogP contribution in [0.15, 0.2) is 51.8 Å². The van der Waals surface area contributed by atoms with Gasteiger partial charge >= 0.3 is 0 Å². The first kappa shape index (κ1) is 15.5. The van der Waals surface area contributed by atoms with Crippen LogP contribution in [0.5, 0.6) is 0 Å². The fraction of sp³-hybridized carbons (Fsp3) is 0.200. The smallest absolute Gasteiger partial charge is 0.128 e. The Hall–Kier alpha value is -0.880. The molecule has 20 heavy (non-hydrogen) atoms. The van der Waals surface area contributed by atoms with E-state index in [1.54, 1.807) is 23.9 Å². The molecule has 0 saturated heterocycles. The highest BCUT2D eigenvalue weighted by molar-refractivity contribution is 9.10. The van der Waals surface area contributed by atoms with E-state index in [1.807, 2.05) is 12.1 Å². The van der Waals surface area contributed by atoms with Crippen molar-refractivity contribution in [1.29, 1.82) is 0 Å². The average Bonchev–Trinajstić information content (AvgIpc) is 2.45. The molecule has 0 aliphatic heterocycles. The van der Waals surface area contributed by atoms with Crippen LogP contribution >= 0.6 is 27.7 Å². The number of nitrogens with one attached hydrogen (secondary N) is 1. The van der Waals surface area contributed by atoms with E-state index in [9.17, 15) is 4.39 Å². The van der Waals surface area contributed by atoms with E-state index < -0.39 is 0 Å². The third-order valence-electron chi connectivity index (χ3n) is 3.03. The van der Waals surface area contributed by atoms with Crippen molar-refractivity contribution in [1.82, 2.24) is 5.43 Å². The molecule has 106 valence electrons. The number of aryl methyl sites for hydroxylation is 1. The summed E-state index contributed by atoms with van der Waals surface area (Å²) in [4.78, 5) is 1.18. The van der Waals surface area contributed by atoms with Crippen LogP contribution in [-0.4, -0.2) is 5.75 Å². The standard InChI is InChI=1S/C15H16BrFN2S/c1-10-4-2-3-5-15(10)20-9-14(19-18)12-8-11(16)6-7-13(12)17/h2-8,14,19H,9,18H2,1H3. The zero-order valence-electron chi connectivity index (χ0n) is 11.1. The molecule has 0 saturated carbocycles. The molecule has 1 atom stereocenters. The minimum absolute atomic E-state index is 0.239. The molecule has 0 heterocycles. The van der Waals surface area contributed by atoms with E-state index in [1.165, 1.54) is 16.5 Å². The summed E-state index contributed by atoms with van der Waals surface area (Å²) < 4.78 is 14.7. The molecule has 2 rings (SSSR count). The van der Waals surface area contributed by atoms with E-state index in [0.717, 1.165) is 4.47 Å². The molecule has 0 aliphatic rings. The molecule has 0 amide bonds. The molecule has 2 aromatic carbocycles. The fourth-order valence-electron chi connectivity index (χ4n) is 1.90. The van der Waals surface area contributed by atoms with E-state index in [4.69, 9.17) is 5.84 Å². The van der Waals surface area contributed by atoms with Gasteiger partial charge in [-0.05, 0) is 36.8 Å². The summed E-state index contributed by atoms with van der Waals surface area (Å²) in [7, 11) is 0.